The molecule has 0 aromatic heterocycles. The molecule has 1 fully saturated rings. The lowest BCUT2D eigenvalue weighted by Crippen LogP contribution is -2.12. The average Bonchev–Trinajstić information content (AvgIpc) is 2.65. The molecule has 1 unspecified atom stereocenters. The van der Waals surface area contributed by atoms with Crippen molar-refractivity contribution in [2.24, 2.45) is 5.92 Å². The highest BCUT2D eigenvalue weighted by atomic mass is 32.2. The van der Waals surface area contributed by atoms with Gasteiger partial charge in [-0.2, -0.15) is 11.8 Å². The number of Topliss-reactive ketones (excluding diaryl/α,β-unsaturated/α-hetero) is 1. The van der Waals surface area contributed by atoms with Crippen LogP contribution in [0.5, 0.6) is 0 Å². The van der Waals surface area contributed by atoms with Crippen molar-refractivity contribution in [3.8, 4) is 0 Å². The van der Waals surface area contributed by atoms with E-state index in [2.05, 4.69) is 6.92 Å². The second kappa shape index (κ2) is 6.47. The molecule has 0 spiro atoms. The molecular weight excluding hydrogens is 180 g/mol. The minimum atomic E-state index is 0.409. The molecule has 1 rings (SSSR count). The average molecular weight is 200 g/mol. The van der Waals surface area contributed by atoms with Crippen LogP contribution in [0.1, 0.15) is 45.4 Å². The topological polar surface area (TPSA) is 17.1 Å². The van der Waals surface area contributed by atoms with Gasteiger partial charge in [0.15, 0.2) is 0 Å². The normalized spacial score (nSPS) is 22.1. The summed E-state index contributed by atoms with van der Waals surface area (Å²) in [6.07, 6.45) is 6.87. The second-order valence-electron chi connectivity index (χ2n) is 3.84. The first-order chi connectivity index (χ1) is 6.34. The molecule has 0 aromatic rings. The van der Waals surface area contributed by atoms with Crippen molar-refractivity contribution >= 4 is 17.5 Å². The van der Waals surface area contributed by atoms with E-state index in [1.807, 2.05) is 11.8 Å². The summed E-state index contributed by atoms with van der Waals surface area (Å²) in [5.41, 5.74) is 0. The summed E-state index contributed by atoms with van der Waals surface area (Å²) >= 11 is 1.93. The highest BCUT2D eigenvalue weighted by Crippen LogP contribution is 2.25. The number of carbonyl (C=O) groups excluding carboxylic acids is 1. The maximum Gasteiger partial charge on any atom is 0.136 e. The van der Waals surface area contributed by atoms with Gasteiger partial charge in [0.05, 0.1) is 0 Å². The molecule has 13 heavy (non-hydrogen) atoms. The number of carbonyl (C=O) groups is 1. The summed E-state index contributed by atoms with van der Waals surface area (Å²) < 4.78 is 0. The van der Waals surface area contributed by atoms with E-state index in [1.165, 1.54) is 25.0 Å². The minimum Gasteiger partial charge on any atom is -0.299 e. The minimum absolute atomic E-state index is 0.409. The summed E-state index contributed by atoms with van der Waals surface area (Å²) in [6.45, 7) is 2.20. The Morgan fingerprint density at radius 1 is 1.38 bits per heavy atom. The lowest BCUT2D eigenvalue weighted by atomic mass is 9.98. The second-order valence-corrected chi connectivity index (χ2v) is 4.99. The molecule has 0 aliphatic carbocycles. The predicted molar refractivity (Wildman–Crippen MR) is 59.2 cm³/mol. The van der Waals surface area contributed by atoms with E-state index in [0.29, 0.717) is 11.7 Å². The van der Waals surface area contributed by atoms with Crippen molar-refractivity contribution in [2.45, 2.75) is 45.4 Å². The maximum atomic E-state index is 11.6. The number of thioether (sulfide) groups is 1. The Hall–Kier alpha value is 0.0200. The van der Waals surface area contributed by atoms with Crippen molar-refractivity contribution in [1.82, 2.24) is 0 Å². The molecule has 0 bridgehead atoms. The van der Waals surface area contributed by atoms with Gasteiger partial charge in [-0.05, 0) is 18.6 Å². The van der Waals surface area contributed by atoms with Gasteiger partial charge in [0.2, 0.25) is 0 Å². The molecule has 1 atom stereocenters. The van der Waals surface area contributed by atoms with Crippen LogP contribution in [0.2, 0.25) is 0 Å². The fourth-order valence-electron chi connectivity index (χ4n) is 1.72. The van der Waals surface area contributed by atoms with Crippen LogP contribution in [0, 0.1) is 5.92 Å². The maximum absolute atomic E-state index is 11.6. The summed E-state index contributed by atoms with van der Waals surface area (Å²) in [6, 6.07) is 0. The Bertz CT molecular complexity index is 150. The third-order valence-corrected chi connectivity index (χ3v) is 3.82. The SMILES string of the molecule is CCCCCCC(=O)C1CCSC1. The van der Waals surface area contributed by atoms with Crippen molar-refractivity contribution < 1.29 is 4.79 Å². The van der Waals surface area contributed by atoms with Gasteiger partial charge < -0.3 is 0 Å². The summed E-state index contributed by atoms with van der Waals surface area (Å²) in [7, 11) is 0. The smallest absolute Gasteiger partial charge is 0.136 e. The summed E-state index contributed by atoms with van der Waals surface area (Å²) in [4.78, 5) is 11.6. The Labute approximate surface area is 85.7 Å². The van der Waals surface area contributed by atoms with Gasteiger partial charge in [-0.15, -0.1) is 0 Å². The monoisotopic (exact) mass is 200 g/mol. The first-order valence-electron chi connectivity index (χ1n) is 5.45. The molecule has 2 heteroatoms. The zero-order valence-electron chi connectivity index (χ0n) is 8.55. The van der Waals surface area contributed by atoms with Crippen LogP contribution >= 0.6 is 11.8 Å². The molecule has 0 aromatic carbocycles. The van der Waals surface area contributed by atoms with Gasteiger partial charge in [0.25, 0.3) is 0 Å². The zero-order valence-corrected chi connectivity index (χ0v) is 9.37. The zero-order chi connectivity index (χ0) is 9.52. The lowest BCUT2D eigenvalue weighted by molar-refractivity contribution is -0.122. The highest BCUT2D eigenvalue weighted by molar-refractivity contribution is 7.99. The van der Waals surface area contributed by atoms with Gasteiger partial charge in [-0.25, -0.2) is 0 Å². The van der Waals surface area contributed by atoms with E-state index >= 15 is 0 Å². The molecule has 1 nitrogen and oxygen atoms in total. The molecular formula is C11H20OS. The Morgan fingerprint density at radius 3 is 2.85 bits per heavy atom. The summed E-state index contributed by atoms with van der Waals surface area (Å²) in [5.74, 6) is 3.23. The first-order valence-corrected chi connectivity index (χ1v) is 6.60. The lowest BCUT2D eigenvalue weighted by Gasteiger charge is -2.05. The third-order valence-electron chi connectivity index (χ3n) is 2.66. The van der Waals surface area contributed by atoms with E-state index in [4.69, 9.17) is 0 Å². The molecule has 0 N–H and O–H groups in total. The predicted octanol–water partition coefficient (Wildman–Crippen LogP) is 3.28. The highest BCUT2D eigenvalue weighted by Gasteiger charge is 2.21. The quantitative estimate of drug-likeness (QED) is 0.612. The fraction of sp³-hybridized carbons (Fsp3) is 0.909. The van der Waals surface area contributed by atoms with Crippen molar-refractivity contribution in [1.29, 1.82) is 0 Å². The molecule has 1 saturated heterocycles. The van der Waals surface area contributed by atoms with Crippen LogP contribution in [0.15, 0.2) is 0 Å². The number of unbranched alkanes of at least 4 members (excludes halogenated alkanes) is 3. The summed E-state index contributed by atoms with van der Waals surface area (Å²) in [5, 5.41) is 0. The molecule has 1 aliphatic heterocycles. The van der Waals surface area contributed by atoms with Gasteiger partial charge in [0, 0.05) is 18.1 Å². The number of rotatable bonds is 6. The standard InChI is InChI=1S/C11H20OS/c1-2-3-4-5-6-11(12)10-7-8-13-9-10/h10H,2-9H2,1H3. The van der Waals surface area contributed by atoms with Gasteiger partial charge >= 0.3 is 0 Å². The molecule has 0 amide bonds. The van der Waals surface area contributed by atoms with E-state index in [1.54, 1.807) is 0 Å². The van der Waals surface area contributed by atoms with Gasteiger partial charge in [0.1, 0.15) is 5.78 Å². The van der Waals surface area contributed by atoms with Crippen LogP contribution in [-0.2, 0) is 4.79 Å². The van der Waals surface area contributed by atoms with Crippen LogP contribution in [-0.4, -0.2) is 17.3 Å². The molecule has 1 aliphatic rings. The van der Waals surface area contributed by atoms with Crippen LogP contribution in [0.3, 0.4) is 0 Å². The van der Waals surface area contributed by atoms with Crippen molar-refractivity contribution in [3.63, 3.8) is 0 Å². The largest absolute Gasteiger partial charge is 0.299 e. The molecule has 1 heterocycles. The third kappa shape index (κ3) is 4.17. The van der Waals surface area contributed by atoms with E-state index in [0.717, 1.165) is 25.0 Å². The number of ketones is 1. The fourth-order valence-corrected chi connectivity index (χ4v) is 2.97. The van der Waals surface area contributed by atoms with E-state index in [9.17, 15) is 4.79 Å². The van der Waals surface area contributed by atoms with Crippen LogP contribution < -0.4 is 0 Å². The molecule has 76 valence electrons. The first kappa shape index (κ1) is 11.1. The van der Waals surface area contributed by atoms with Crippen molar-refractivity contribution in [3.05, 3.63) is 0 Å². The molecule has 0 saturated carbocycles. The van der Waals surface area contributed by atoms with Gasteiger partial charge in [-0.1, -0.05) is 26.2 Å². The number of hydrogen-bond acceptors (Lipinski definition) is 2. The Kier molecular flexibility index (Phi) is 5.52. The van der Waals surface area contributed by atoms with E-state index < -0.39 is 0 Å². The van der Waals surface area contributed by atoms with Crippen molar-refractivity contribution in [2.75, 3.05) is 11.5 Å². The van der Waals surface area contributed by atoms with Crippen LogP contribution in [0.25, 0.3) is 0 Å². The number of hydrogen-bond donors (Lipinski definition) is 0. The Morgan fingerprint density at radius 2 is 2.23 bits per heavy atom. The van der Waals surface area contributed by atoms with Crippen LogP contribution in [0.4, 0.5) is 0 Å². The molecule has 0 radical (unpaired) electrons. The Balaban J connectivity index is 2.03. The van der Waals surface area contributed by atoms with Gasteiger partial charge in [-0.3, -0.25) is 4.79 Å². The van der Waals surface area contributed by atoms with E-state index in [-0.39, 0.29) is 0 Å².